The van der Waals surface area contributed by atoms with Crippen LogP contribution in [0, 0.1) is 6.92 Å². The van der Waals surface area contributed by atoms with Crippen molar-refractivity contribution in [3.63, 3.8) is 0 Å². The van der Waals surface area contributed by atoms with Crippen molar-refractivity contribution < 1.29 is 4.79 Å². The molecule has 0 spiro atoms. The number of amides is 1. The third kappa shape index (κ3) is 2.41. The molecule has 1 aliphatic rings. The summed E-state index contributed by atoms with van der Waals surface area (Å²) in [6.45, 7) is 2.05. The Kier molecular flexibility index (Phi) is 3.39. The molecule has 2 heterocycles. The number of rotatable bonds is 2. The number of anilines is 2. The third-order valence-electron chi connectivity index (χ3n) is 4.10. The molecule has 3 aromatic rings. The molecule has 0 radical (unpaired) electrons. The second-order valence-corrected chi connectivity index (χ2v) is 6.44. The summed E-state index contributed by atoms with van der Waals surface area (Å²) >= 11 is 1.64. The Bertz CT molecular complexity index is 840. The predicted octanol–water partition coefficient (Wildman–Crippen LogP) is 4.83. The van der Waals surface area contributed by atoms with Gasteiger partial charge in [0.25, 0.3) is 5.91 Å². The fraction of sp³-hybridized carbons (Fsp3) is 0.105. The molecule has 4 rings (SSSR count). The van der Waals surface area contributed by atoms with Crippen molar-refractivity contribution in [1.29, 1.82) is 0 Å². The maximum absolute atomic E-state index is 13.1. The molecule has 1 N–H and O–H groups in total. The minimum atomic E-state index is -0.189. The highest BCUT2D eigenvalue weighted by atomic mass is 32.1. The molecule has 0 aliphatic carbocycles. The summed E-state index contributed by atoms with van der Waals surface area (Å²) in [6.07, 6.45) is -0.189. The van der Waals surface area contributed by atoms with E-state index in [4.69, 9.17) is 0 Å². The number of carbonyl (C=O) groups is 1. The van der Waals surface area contributed by atoms with Gasteiger partial charge in [-0.2, -0.15) is 11.3 Å². The monoisotopic (exact) mass is 320 g/mol. The number of aryl methyl sites for hydroxylation is 1. The van der Waals surface area contributed by atoms with Gasteiger partial charge in [0.1, 0.15) is 6.17 Å². The molecule has 114 valence electrons. The molecule has 0 fully saturated rings. The zero-order valence-corrected chi connectivity index (χ0v) is 13.5. The van der Waals surface area contributed by atoms with E-state index in [1.807, 2.05) is 65.7 Å². The average Bonchev–Trinajstić information content (AvgIpc) is 3.10. The predicted molar refractivity (Wildman–Crippen MR) is 95.1 cm³/mol. The quantitative estimate of drug-likeness (QED) is 0.733. The fourth-order valence-electron chi connectivity index (χ4n) is 2.89. The average molecular weight is 320 g/mol. The summed E-state index contributed by atoms with van der Waals surface area (Å²) in [4.78, 5) is 14.9. The highest BCUT2D eigenvalue weighted by Gasteiger charge is 2.33. The molecule has 2 aromatic carbocycles. The van der Waals surface area contributed by atoms with Gasteiger partial charge < -0.3 is 5.32 Å². The summed E-state index contributed by atoms with van der Waals surface area (Å²) in [6, 6.07) is 17.8. The Hall–Kier alpha value is -2.59. The van der Waals surface area contributed by atoms with Crippen molar-refractivity contribution in [2.45, 2.75) is 13.1 Å². The van der Waals surface area contributed by atoms with E-state index in [2.05, 4.69) is 16.8 Å². The molecular weight excluding hydrogens is 304 g/mol. The number of hydrogen-bond acceptors (Lipinski definition) is 3. The van der Waals surface area contributed by atoms with Crippen LogP contribution in [0.1, 0.15) is 27.7 Å². The van der Waals surface area contributed by atoms with Crippen LogP contribution in [0.15, 0.2) is 65.4 Å². The highest BCUT2D eigenvalue weighted by Crippen LogP contribution is 2.37. The first kappa shape index (κ1) is 14.0. The molecule has 0 saturated heterocycles. The number of nitrogens with one attached hydrogen (secondary N) is 1. The van der Waals surface area contributed by atoms with E-state index in [9.17, 15) is 4.79 Å². The van der Waals surface area contributed by atoms with Crippen molar-refractivity contribution in [3.8, 4) is 0 Å². The smallest absolute Gasteiger partial charge is 0.262 e. The lowest BCUT2D eigenvalue weighted by Crippen LogP contribution is -2.43. The van der Waals surface area contributed by atoms with E-state index in [-0.39, 0.29) is 12.1 Å². The molecule has 1 aliphatic heterocycles. The Balaban J connectivity index is 1.85. The number of hydrogen-bond donors (Lipinski definition) is 1. The molecule has 0 saturated carbocycles. The van der Waals surface area contributed by atoms with Gasteiger partial charge >= 0.3 is 0 Å². The summed E-state index contributed by atoms with van der Waals surface area (Å²) in [5, 5.41) is 7.63. The van der Waals surface area contributed by atoms with Gasteiger partial charge in [0, 0.05) is 16.9 Å². The Morgan fingerprint density at radius 2 is 1.83 bits per heavy atom. The maximum Gasteiger partial charge on any atom is 0.262 e. The van der Waals surface area contributed by atoms with Crippen molar-refractivity contribution in [2.24, 2.45) is 0 Å². The van der Waals surface area contributed by atoms with E-state index in [0.717, 1.165) is 16.9 Å². The molecule has 0 bridgehead atoms. The molecule has 0 unspecified atom stereocenters. The van der Waals surface area contributed by atoms with E-state index in [1.54, 1.807) is 11.3 Å². The zero-order chi connectivity index (χ0) is 15.8. The van der Waals surface area contributed by atoms with Gasteiger partial charge in [-0.25, -0.2) is 0 Å². The van der Waals surface area contributed by atoms with Gasteiger partial charge in [-0.3, -0.25) is 9.69 Å². The summed E-state index contributed by atoms with van der Waals surface area (Å²) in [5.41, 5.74) is 4.77. The normalized spacial score (nSPS) is 16.8. The first-order valence-corrected chi connectivity index (χ1v) is 8.46. The molecule has 1 aromatic heterocycles. The van der Waals surface area contributed by atoms with Crippen LogP contribution in [-0.4, -0.2) is 5.91 Å². The van der Waals surface area contributed by atoms with E-state index in [1.165, 1.54) is 5.56 Å². The number of para-hydroxylation sites is 1. The van der Waals surface area contributed by atoms with Crippen molar-refractivity contribution in [2.75, 3.05) is 10.2 Å². The lowest BCUT2D eigenvalue weighted by Gasteiger charge is -2.37. The molecule has 4 heteroatoms. The molecule has 3 nitrogen and oxygen atoms in total. The Labute approximate surface area is 139 Å². The van der Waals surface area contributed by atoms with Gasteiger partial charge in [-0.1, -0.05) is 29.8 Å². The summed E-state index contributed by atoms with van der Waals surface area (Å²) < 4.78 is 0. The maximum atomic E-state index is 13.1. The Morgan fingerprint density at radius 1 is 1.04 bits per heavy atom. The minimum Gasteiger partial charge on any atom is -0.360 e. The molecule has 1 atom stereocenters. The number of carbonyl (C=O) groups excluding carboxylic acids is 1. The fourth-order valence-corrected chi connectivity index (χ4v) is 3.57. The van der Waals surface area contributed by atoms with Crippen molar-refractivity contribution >= 4 is 28.6 Å². The van der Waals surface area contributed by atoms with Crippen LogP contribution in [0.3, 0.4) is 0 Å². The van der Waals surface area contributed by atoms with E-state index in [0.29, 0.717) is 5.56 Å². The van der Waals surface area contributed by atoms with Crippen molar-refractivity contribution in [3.05, 3.63) is 82.0 Å². The summed E-state index contributed by atoms with van der Waals surface area (Å²) in [5.74, 6) is 0.0272. The zero-order valence-electron chi connectivity index (χ0n) is 12.7. The van der Waals surface area contributed by atoms with Crippen molar-refractivity contribution in [1.82, 2.24) is 0 Å². The first-order chi connectivity index (χ1) is 11.2. The number of nitrogens with zero attached hydrogens (tertiary/aromatic N) is 1. The standard InChI is InChI=1S/C19H16N2OS/c1-13-6-8-15(9-7-13)21-18(14-10-11-23-12-14)20-17-5-3-2-4-16(17)19(21)22/h2-12,18,20H,1H3/t18-/m0/s1. The van der Waals surface area contributed by atoms with Gasteiger partial charge in [0.15, 0.2) is 0 Å². The topological polar surface area (TPSA) is 32.3 Å². The SMILES string of the molecule is Cc1ccc(N2C(=O)c3ccccc3N[C@@H]2c2ccsc2)cc1. The van der Waals surface area contributed by atoms with Gasteiger partial charge in [-0.05, 0) is 48.0 Å². The van der Waals surface area contributed by atoms with Gasteiger partial charge in [-0.15, -0.1) is 0 Å². The van der Waals surface area contributed by atoms with Crippen LogP contribution in [0.2, 0.25) is 0 Å². The minimum absolute atomic E-state index is 0.0272. The summed E-state index contributed by atoms with van der Waals surface area (Å²) in [7, 11) is 0. The van der Waals surface area contributed by atoms with Gasteiger partial charge in [0.2, 0.25) is 0 Å². The first-order valence-electron chi connectivity index (χ1n) is 7.52. The number of benzene rings is 2. The Morgan fingerprint density at radius 3 is 2.57 bits per heavy atom. The highest BCUT2D eigenvalue weighted by molar-refractivity contribution is 7.08. The van der Waals surface area contributed by atoms with Crippen LogP contribution < -0.4 is 10.2 Å². The van der Waals surface area contributed by atoms with E-state index >= 15 is 0 Å². The second kappa shape index (κ2) is 5.56. The molecule has 1 amide bonds. The lowest BCUT2D eigenvalue weighted by atomic mass is 10.0. The van der Waals surface area contributed by atoms with Crippen LogP contribution in [0.25, 0.3) is 0 Å². The molecular formula is C19H16N2OS. The molecule has 23 heavy (non-hydrogen) atoms. The number of thiophene rings is 1. The largest absolute Gasteiger partial charge is 0.360 e. The van der Waals surface area contributed by atoms with Crippen LogP contribution in [0.5, 0.6) is 0 Å². The lowest BCUT2D eigenvalue weighted by molar-refractivity contribution is 0.0975. The van der Waals surface area contributed by atoms with Gasteiger partial charge in [0.05, 0.1) is 5.56 Å². The number of fused-ring (bicyclic) bond motifs is 1. The van der Waals surface area contributed by atoms with Crippen LogP contribution >= 0.6 is 11.3 Å². The van der Waals surface area contributed by atoms with Crippen LogP contribution in [0.4, 0.5) is 11.4 Å². The third-order valence-corrected chi connectivity index (χ3v) is 4.80. The van der Waals surface area contributed by atoms with E-state index < -0.39 is 0 Å². The van der Waals surface area contributed by atoms with Crippen LogP contribution in [-0.2, 0) is 0 Å². The second-order valence-electron chi connectivity index (χ2n) is 5.66.